The summed E-state index contributed by atoms with van der Waals surface area (Å²) in [6.45, 7) is 4.23. The molecule has 0 heterocycles. The zero-order valence-corrected chi connectivity index (χ0v) is 41.1. The lowest BCUT2D eigenvalue weighted by Gasteiger charge is -2.28. The zero-order valence-electron chi connectivity index (χ0n) is 40.2. The summed E-state index contributed by atoms with van der Waals surface area (Å²) in [7, 11) is 1.17. The maximum atomic E-state index is 12.7. The van der Waals surface area contributed by atoms with Gasteiger partial charge in [-0.05, 0) is 38.5 Å². The zero-order chi connectivity index (χ0) is 44.3. The SMILES string of the molecule is CCCCC/C=C\CCCCCCCC(=O)OC(COC(=O)CCCCCCCCCCCCCCCCCCCCCCCCCC)COP(=O)([O-])OCC[N+](C)(C)C. The standard InChI is InChI=1S/C50H98NO8P/c1-6-8-10-12-14-16-18-20-21-22-23-24-25-26-27-28-29-30-31-33-34-36-38-40-42-49(52)56-46-48(47-58-60(54,55)57-45-44-51(3,4)5)59-50(53)43-41-39-37-35-32-19-17-15-13-11-9-7-2/h15,17,48H,6-14,16,18-47H2,1-5H3/b17-15-. The summed E-state index contributed by atoms with van der Waals surface area (Å²) in [5.74, 6) is -0.832. The summed E-state index contributed by atoms with van der Waals surface area (Å²) >= 11 is 0. The van der Waals surface area contributed by atoms with Gasteiger partial charge >= 0.3 is 11.9 Å². The molecule has 0 aliphatic rings. The van der Waals surface area contributed by atoms with Crippen LogP contribution in [0.25, 0.3) is 0 Å². The van der Waals surface area contributed by atoms with Crippen LogP contribution in [-0.2, 0) is 32.7 Å². The van der Waals surface area contributed by atoms with Crippen LogP contribution in [0.3, 0.4) is 0 Å². The van der Waals surface area contributed by atoms with Gasteiger partial charge < -0.3 is 27.9 Å². The third kappa shape index (κ3) is 46.3. The van der Waals surface area contributed by atoms with E-state index in [9.17, 15) is 19.0 Å². The molecule has 0 aliphatic heterocycles. The molecule has 0 aromatic heterocycles. The molecular weight excluding hydrogens is 774 g/mol. The van der Waals surface area contributed by atoms with E-state index in [4.69, 9.17) is 18.5 Å². The molecule has 0 N–H and O–H groups in total. The molecule has 0 bridgehead atoms. The van der Waals surface area contributed by atoms with Crippen molar-refractivity contribution in [1.29, 1.82) is 0 Å². The molecule has 0 aromatic carbocycles. The van der Waals surface area contributed by atoms with Gasteiger partial charge in [0.15, 0.2) is 6.10 Å². The molecule has 0 fully saturated rings. The molecule has 0 saturated heterocycles. The van der Waals surface area contributed by atoms with Gasteiger partial charge in [-0.3, -0.25) is 14.2 Å². The topological polar surface area (TPSA) is 111 Å². The second-order valence-corrected chi connectivity index (χ2v) is 20.0. The Morgan fingerprint density at radius 1 is 0.500 bits per heavy atom. The highest BCUT2D eigenvalue weighted by Crippen LogP contribution is 2.38. The van der Waals surface area contributed by atoms with Crippen LogP contribution in [0.15, 0.2) is 12.2 Å². The van der Waals surface area contributed by atoms with Crippen molar-refractivity contribution in [2.24, 2.45) is 0 Å². The van der Waals surface area contributed by atoms with Gasteiger partial charge in [0.1, 0.15) is 19.8 Å². The van der Waals surface area contributed by atoms with Crippen molar-refractivity contribution in [3.63, 3.8) is 0 Å². The molecule has 356 valence electrons. The number of hydrogen-bond acceptors (Lipinski definition) is 8. The quantitative estimate of drug-likeness (QED) is 0.0195. The number of esters is 2. The van der Waals surface area contributed by atoms with Gasteiger partial charge in [-0.25, -0.2) is 0 Å². The molecular formula is C50H98NO8P. The Morgan fingerprint density at radius 3 is 1.27 bits per heavy atom. The second-order valence-electron chi connectivity index (χ2n) is 18.5. The lowest BCUT2D eigenvalue weighted by atomic mass is 10.0. The van der Waals surface area contributed by atoms with Gasteiger partial charge in [0.05, 0.1) is 27.7 Å². The first-order valence-corrected chi connectivity index (χ1v) is 26.9. The third-order valence-electron chi connectivity index (χ3n) is 11.3. The Kier molecular flexibility index (Phi) is 42.1. The van der Waals surface area contributed by atoms with Crippen molar-refractivity contribution in [2.45, 2.75) is 251 Å². The van der Waals surface area contributed by atoms with Crippen molar-refractivity contribution >= 4 is 19.8 Å². The molecule has 60 heavy (non-hydrogen) atoms. The van der Waals surface area contributed by atoms with Gasteiger partial charge in [-0.1, -0.05) is 206 Å². The fourth-order valence-electron chi connectivity index (χ4n) is 7.30. The molecule has 2 unspecified atom stereocenters. The van der Waals surface area contributed by atoms with Crippen LogP contribution in [0.5, 0.6) is 0 Å². The molecule has 0 rings (SSSR count). The van der Waals surface area contributed by atoms with E-state index in [0.29, 0.717) is 17.4 Å². The van der Waals surface area contributed by atoms with Crippen LogP contribution in [0.4, 0.5) is 0 Å². The Hall–Kier alpha value is -1.25. The smallest absolute Gasteiger partial charge is 0.306 e. The first kappa shape index (κ1) is 58.8. The number of hydrogen-bond donors (Lipinski definition) is 0. The van der Waals surface area contributed by atoms with Gasteiger partial charge in [-0.2, -0.15) is 0 Å². The average molecular weight is 872 g/mol. The fourth-order valence-corrected chi connectivity index (χ4v) is 8.03. The van der Waals surface area contributed by atoms with E-state index in [0.717, 1.165) is 57.8 Å². The average Bonchev–Trinajstić information content (AvgIpc) is 3.20. The van der Waals surface area contributed by atoms with Crippen molar-refractivity contribution < 1.29 is 42.1 Å². The highest BCUT2D eigenvalue weighted by molar-refractivity contribution is 7.45. The summed E-state index contributed by atoms with van der Waals surface area (Å²) in [4.78, 5) is 37.6. The maximum Gasteiger partial charge on any atom is 0.306 e. The number of phosphoric ester groups is 1. The molecule has 0 radical (unpaired) electrons. The first-order chi connectivity index (χ1) is 29.0. The van der Waals surface area contributed by atoms with Crippen molar-refractivity contribution in [2.75, 3.05) is 47.5 Å². The van der Waals surface area contributed by atoms with Crippen molar-refractivity contribution in [3.05, 3.63) is 12.2 Å². The van der Waals surface area contributed by atoms with Crippen LogP contribution in [-0.4, -0.2) is 70.0 Å². The largest absolute Gasteiger partial charge is 0.756 e. The van der Waals surface area contributed by atoms with Crippen LogP contribution >= 0.6 is 7.82 Å². The Morgan fingerprint density at radius 2 is 0.850 bits per heavy atom. The number of ether oxygens (including phenoxy) is 2. The number of unbranched alkanes of at least 4 members (excludes halogenated alkanes) is 31. The number of phosphoric acid groups is 1. The predicted molar refractivity (Wildman–Crippen MR) is 250 cm³/mol. The minimum absolute atomic E-state index is 0.0292. The number of allylic oxidation sites excluding steroid dienone is 2. The van der Waals surface area contributed by atoms with Gasteiger partial charge in [0, 0.05) is 12.8 Å². The van der Waals surface area contributed by atoms with E-state index >= 15 is 0 Å². The van der Waals surface area contributed by atoms with Gasteiger partial charge in [0.25, 0.3) is 7.82 Å². The van der Waals surface area contributed by atoms with Crippen molar-refractivity contribution in [1.82, 2.24) is 0 Å². The van der Waals surface area contributed by atoms with Crippen LogP contribution in [0, 0.1) is 0 Å². The molecule has 10 heteroatoms. The summed E-state index contributed by atoms with van der Waals surface area (Å²) in [5.41, 5.74) is 0. The van der Waals surface area contributed by atoms with E-state index < -0.39 is 26.5 Å². The number of rotatable bonds is 47. The summed E-state index contributed by atoms with van der Waals surface area (Å²) < 4.78 is 34.0. The summed E-state index contributed by atoms with van der Waals surface area (Å²) in [5, 5.41) is 0. The molecule has 2 atom stereocenters. The molecule has 0 aliphatic carbocycles. The minimum atomic E-state index is -4.62. The van der Waals surface area contributed by atoms with Crippen LogP contribution in [0.2, 0.25) is 0 Å². The number of quaternary nitrogens is 1. The highest BCUT2D eigenvalue weighted by atomic mass is 31.2. The van der Waals surface area contributed by atoms with Crippen molar-refractivity contribution in [3.8, 4) is 0 Å². The number of likely N-dealkylation sites (N-methyl/N-ethyl adjacent to an activating group) is 1. The number of carbonyl (C=O) groups excluding carboxylic acids is 2. The first-order valence-electron chi connectivity index (χ1n) is 25.4. The summed E-state index contributed by atoms with van der Waals surface area (Å²) in [6.07, 6.45) is 46.8. The van der Waals surface area contributed by atoms with E-state index in [1.807, 2.05) is 21.1 Å². The molecule has 0 saturated carbocycles. The highest BCUT2D eigenvalue weighted by Gasteiger charge is 2.21. The Balaban J connectivity index is 4.11. The minimum Gasteiger partial charge on any atom is -0.756 e. The predicted octanol–water partition coefficient (Wildman–Crippen LogP) is 14.3. The monoisotopic (exact) mass is 872 g/mol. The van der Waals surface area contributed by atoms with E-state index in [-0.39, 0.29) is 32.0 Å². The molecule has 0 aromatic rings. The molecule has 0 spiro atoms. The van der Waals surface area contributed by atoms with E-state index in [1.54, 1.807) is 0 Å². The third-order valence-corrected chi connectivity index (χ3v) is 12.2. The maximum absolute atomic E-state index is 12.7. The lowest BCUT2D eigenvalue weighted by Crippen LogP contribution is -2.37. The van der Waals surface area contributed by atoms with E-state index in [1.165, 1.54) is 154 Å². The molecule has 0 amide bonds. The number of nitrogens with zero attached hydrogens (tertiary/aromatic N) is 1. The number of carbonyl (C=O) groups is 2. The Labute approximate surface area is 371 Å². The van der Waals surface area contributed by atoms with E-state index in [2.05, 4.69) is 26.0 Å². The van der Waals surface area contributed by atoms with Gasteiger partial charge in [0.2, 0.25) is 0 Å². The lowest BCUT2D eigenvalue weighted by molar-refractivity contribution is -0.870. The second kappa shape index (κ2) is 43.0. The molecule has 9 nitrogen and oxygen atoms in total. The Bertz CT molecular complexity index is 1030. The van der Waals surface area contributed by atoms with Crippen LogP contribution in [0.1, 0.15) is 245 Å². The summed E-state index contributed by atoms with van der Waals surface area (Å²) in [6, 6.07) is 0. The van der Waals surface area contributed by atoms with Gasteiger partial charge in [-0.15, -0.1) is 0 Å². The normalized spacial score (nSPS) is 13.5. The van der Waals surface area contributed by atoms with Crippen LogP contribution < -0.4 is 4.89 Å². The fraction of sp³-hybridized carbons (Fsp3) is 0.920.